The molecule has 0 fully saturated rings. The molecule has 0 aromatic carbocycles. The minimum absolute atomic E-state index is 0.167. The molecular formula is C9H8N2O4. The summed E-state index contributed by atoms with van der Waals surface area (Å²) in [6.45, 7) is -0.570. The van der Waals surface area contributed by atoms with Gasteiger partial charge in [0.05, 0.1) is 0 Å². The molecule has 0 aliphatic heterocycles. The first-order chi connectivity index (χ1) is 7.16. The summed E-state index contributed by atoms with van der Waals surface area (Å²) in [6, 6.07) is 5.03. The topological polar surface area (TPSA) is 89.4 Å². The lowest BCUT2D eigenvalue weighted by Crippen LogP contribution is -2.10. The molecule has 0 aliphatic carbocycles. The van der Waals surface area contributed by atoms with Gasteiger partial charge >= 0.3 is 0 Å². The molecule has 1 unspecified atom stereocenters. The Kier molecular flexibility index (Phi) is 2.34. The number of aromatic nitrogens is 1. The van der Waals surface area contributed by atoms with E-state index in [2.05, 4.69) is 4.98 Å². The Hall–Kier alpha value is -1.95. The number of rotatable bonds is 3. The molecule has 0 saturated carbocycles. The predicted octanol–water partition coefficient (Wildman–Crippen LogP) is 1.14. The van der Waals surface area contributed by atoms with Crippen LogP contribution in [-0.2, 0) is 0 Å². The second-order valence-electron chi connectivity index (χ2n) is 3.08. The van der Waals surface area contributed by atoms with Crippen LogP contribution in [0.15, 0.2) is 28.8 Å². The number of aliphatic hydroxyl groups excluding tert-OH is 1. The summed E-state index contributed by atoms with van der Waals surface area (Å²) in [5.41, 5.74) is 0.370. The van der Waals surface area contributed by atoms with Crippen LogP contribution >= 0.6 is 0 Å². The minimum Gasteiger partial charge on any atom is -0.440 e. The van der Waals surface area contributed by atoms with E-state index >= 15 is 0 Å². The van der Waals surface area contributed by atoms with Crippen molar-refractivity contribution in [2.75, 3.05) is 6.54 Å². The Morgan fingerprint density at radius 3 is 3.13 bits per heavy atom. The van der Waals surface area contributed by atoms with Gasteiger partial charge in [-0.1, -0.05) is 0 Å². The Balaban J connectivity index is 2.32. The second kappa shape index (κ2) is 3.66. The quantitative estimate of drug-likeness (QED) is 0.603. The standard InChI is InChI=1S/C9H8N2O4/c12-7(5-11(13)14)8-4-6-2-1-3-10-9(6)15-8/h1-4,7,12H,5H2. The predicted molar refractivity (Wildman–Crippen MR) is 50.8 cm³/mol. The van der Waals surface area contributed by atoms with Crippen molar-refractivity contribution in [3.05, 3.63) is 40.3 Å². The van der Waals surface area contributed by atoms with Crippen molar-refractivity contribution in [1.29, 1.82) is 0 Å². The van der Waals surface area contributed by atoms with E-state index < -0.39 is 17.6 Å². The van der Waals surface area contributed by atoms with Crippen LogP contribution in [0.1, 0.15) is 11.9 Å². The van der Waals surface area contributed by atoms with Gasteiger partial charge in [-0.2, -0.15) is 0 Å². The van der Waals surface area contributed by atoms with Crippen molar-refractivity contribution in [2.45, 2.75) is 6.10 Å². The molecule has 2 heterocycles. The van der Waals surface area contributed by atoms with Gasteiger partial charge in [0.1, 0.15) is 5.76 Å². The Bertz CT molecular complexity index is 461. The number of hydrogen-bond acceptors (Lipinski definition) is 5. The van der Waals surface area contributed by atoms with E-state index in [4.69, 9.17) is 4.42 Å². The van der Waals surface area contributed by atoms with Crippen LogP contribution < -0.4 is 0 Å². The van der Waals surface area contributed by atoms with Crippen molar-refractivity contribution in [2.24, 2.45) is 0 Å². The van der Waals surface area contributed by atoms with Crippen molar-refractivity contribution in [3.63, 3.8) is 0 Å². The zero-order chi connectivity index (χ0) is 10.8. The highest BCUT2D eigenvalue weighted by Gasteiger charge is 2.18. The summed E-state index contributed by atoms with van der Waals surface area (Å²) in [5.74, 6) is 0.167. The molecule has 6 nitrogen and oxygen atoms in total. The lowest BCUT2D eigenvalue weighted by Gasteiger charge is -1.99. The summed E-state index contributed by atoms with van der Waals surface area (Å²) in [7, 11) is 0. The average Bonchev–Trinajstić information content (AvgIpc) is 2.59. The second-order valence-corrected chi connectivity index (χ2v) is 3.08. The van der Waals surface area contributed by atoms with Crippen molar-refractivity contribution in [1.82, 2.24) is 4.98 Å². The summed E-state index contributed by atoms with van der Waals surface area (Å²) in [6.07, 6.45) is 0.323. The molecule has 2 aromatic heterocycles. The molecule has 2 rings (SSSR count). The Morgan fingerprint density at radius 2 is 2.47 bits per heavy atom. The van der Waals surface area contributed by atoms with Crippen LogP contribution in [0.25, 0.3) is 11.1 Å². The summed E-state index contributed by atoms with van der Waals surface area (Å²) in [4.78, 5) is 13.5. The van der Waals surface area contributed by atoms with Crippen LogP contribution in [0, 0.1) is 10.1 Å². The van der Waals surface area contributed by atoms with Gasteiger partial charge in [0.15, 0.2) is 6.10 Å². The number of nitro groups is 1. The molecule has 78 valence electrons. The molecule has 1 atom stereocenters. The normalized spacial score (nSPS) is 12.9. The molecule has 6 heteroatoms. The maximum Gasteiger partial charge on any atom is 0.236 e. The van der Waals surface area contributed by atoms with E-state index in [-0.39, 0.29) is 5.76 Å². The fraction of sp³-hybridized carbons (Fsp3) is 0.222. The van der Waals surface area contributed by atoms with Gasteiger partial charge in [-0.05, 0) is 18.2 Å². The van der Waals surface area contributed by atoms with Crippen LogP contribution in [-0.4, -0.2) is 21.6 Å². The first kappa shape index (κ1) is 9.60. The minimum atomic E-state index is -1.23. The maximum absolute atomic E-state index is 10.2. The number of aliphatic hydroxyl groups is 1. The number of fused-ring (bicyclic) bond motifs is 1. The maximum atomic E-state index is 10.2. The smallest absolute Gasteiger partial charge is 0.236 e. The highest BCUT2D eigenvalue weighted by molar-refractivity contribution is 5.73. The summed E-state index contributed by atoms with van der Waals surface area (Å²) < 4.78 is 5.17. The highest BCUT2D eigenvalue weighted by Crippen LogP contribution is 2.22. The summed E-state index contributed by atoms with van der Waals surface area (Å²) in [5, 5.41) is 20.3. The van der Waals surface area contributed by atoms with Gasteiger partial charge in [0, 0.05) is 16.5 Å². The van der Waals surface area contributed by atoms with Gasteiger partial charge < -0.3 is 9.52 Å². The lowest BCUT2D eigenvalue weighted by molar-refractivity contribution is -0.492. The van der Waals surface area contributed by atoms with Gasteiger partial charge in [-0.3, -0.25) is 10.1 Å². The van der Waals surface area contributed by atoms with Crippen LogP contribution in [0.3, 0.4) is 0 Å². The zero-order valence-corrected chi connectivity index (χ0v) is 7.66. The average molecular weight is 208 g/mol. The number of pyridine rings is 1. The van der Waals surface area contributed by atoms with Crippen LogP contribution in [0.5, 0.6) is 0 Å². The molecule has 0 spiro atoms. The third-order valence-corrected chi connectivity index (χ3v) is 1.96. The van der Waals surface area contributed by atoms with Crippen molar-refractivity contribution >= 4 is 11.1 Å². The SMILES string of the molecule is O=[N+]([O-])CC(O)c1cc2cccnc2o1. The highest BCUT2D eigenvalue weighted by atomic mass is 16.6. The van der Waals surface area contributed by atoms with Crippen LogP contribution in [0.4, 0.5) is 0 Å². The molecule has 0 bridgehead atoms. The number of hydrogen-bond donors (Lipinski definition) is 1. The monoisotopic (exact) mass is 208 g/mol. The molecule has 15 heavy (non-hydrogen) atoms. The Morgan fingerprint density at radius 1 is 1.67 bits per heavy atom. The zero-order valence-electron chi connectivity index (χ0n) is 7.66. The molecule has 0 aliphatic rings. The third-order valence-electron chi connectivity index (χ3n) is 1.96. The van der Waals surface area contributed by atoms with E-state index in [0.29, 0.717) is 5.71 Å². The molecule has 0 amide bonds. The molecule has 0 radical (unpaired) electrons. The fourth-order valence-electron chi connectivity index (χ4n) is 1.29. The van der Waals surface area contributed by atoms with Gasteiger partial charge in [-0.25, -0.2) is 4.98 Å². The van der Waals surface area contributed by atoms with E-state index in [1.807, 2.05) is 0 Å². The molecule has 0 saturated heterocycles. The largest absolute Gasteiger partial charge is 0.440 e. The van der Waals surface area contributed by atoms with E-state index in [9.17, 15) is 15.2 Å². The number of furan rings is 1. The number of nitrogens with zero attached hydrogens (tertiary/aromatic N) is 2. The molecule has 1 N–H and O–H groups in total. The van der Waals surface area contributed by atoms with Crippen molar-refractivity contribution in [3.8, 4) is 0 Å². The molecule has 2 aromatic rings. The lowest BCUT2D eigenvalue weighted by atomic mass is 10.2. The Labute approximate surface area is 84.3 Å². The van der Waals surface area contributed by atoms with Gasteiger partial charge in [0.25, 0.3) is 0 Å². The van der Waals surface area contributed by atoms with Crippen LogP contribution in [0.2, 0.25) is 0 Å². The van der Waals surface area contributed by atoms with E-state index in [0.717, 1.165) is 5.39 Å². The third kappa shape index (κ3) is 1.94. The summed E-state index contributed by atoms with van der Waals surface area (Å²) >= 11 is 0. The van der Waals surface area contributed by atoms with Gasteiger partial charge in [-0.15, -0.1) is 0 Å². The van der Waals surface area contributed by atoms with Gasteiger partial charge in [0.2, 0.25) is 12.3 Å². The first-order valence-electron chi connectivity index (χ1n) is 4.31. The fourth-order valence-corrected chi connectivity index (χ4v) is 1.29. The van der Waals surface area contributed by atoms with Crippen molar-refractivity contribution < 1.29 is 14.4 Å². The first-order valence-corrected chi connectivity index (χ1v) is 4.31. The van der Waals surface area contributed by atoms with E-state index in [1.165, 1.54) is 0 Å². The molecular weight excluding hydrogens is 200 g/mol. The van der Waals surface area contributed by atoms with E-state index in [1.54, 1.807) is 24.4 Å².